The van der Waals surface area contributed by atoms with Gasteiger partial charge in [-0.05, 0) is 0 Å². The molecule has 2 rings (SSSR count). The van der Waals surface area contributed by atoms with Crippen LogP contribution in [-0.2, 0) is 5.88 Å². The predicted molar refractivity (Wildman–Crippen MR) is 65.9 cm³/mol. The van der Waals surface area contributed by atoms with E-state index in [4.69, 9.17) is 16.3 Å². The molecule has 0 fully saturated rings. The zero-order valence-corrected chi connectivity index (χ0v) is 10.6. The molecule has 92 valence electrons. The van der Waals surface area contributed by atoms with E-state index >= 15 is 0 Å². The number of benzene rings is 1. The third-order valence-electron chi connectivity index (χ3n) is 2.49. The lowest BCUT2D eigenvalue weighted by molar-refractivity contribution is 0.387. The minimum Gasteiger partial charge on any atom is -0.494 e. The number of halogens is 2. The standard InChI is InChI=1S/C11H13ClFN3O/c1-15(2)16-9-5-10(17-3)7(13)4-8(9)14-11(16)6-12/h4-5H,6H2,1-3H3. The van der Waals surface area contributed by atoms with E-state index in [1.54, 1.807) is 6.07 Å². The maximum Gasteiger partial charge on any atom is 0.167 e. The lowest BCUT2D eigenvalue weighted by atomic mass is 10.3. The lowest BCUT2D eigenvalue weighted by Gasteiger charge is -2.17. The van der Waals surface area contributed by atoms with Crippen molar-refractivity contribution >= 4 is 22.6 Å². The first-order valence-corrected chi connectivity index (χ1v) is 5.60. The minimum absolute atomic E-state index is 0.196. The molecule has 0 saturated carbocycles. The number of alkyl halides is 1. The molecule has 2 aromatic rings. The quantitative estimate of drug-likeness (QED) is 0.789. The van der Waals surface area contributed by atoms with Crippen molar-refractivity contribution in [1.82, 2.24) is 9.66 Å². The highest BCUT2D eigenvalue weighted by atomic mass is 35.5. The normalized spacial score (nSPS) is 10.9. The van der Waals surface area contributed by atoms with E-state index in [0.717, 1.165) is 5.52 Å². The number of nitrogens with zero attached hydrogens (tertiary/aromatic N) is 3. The van der Waals surface area contributed by atoms with E-state index in [1.807, 2.05) is 23.8 Å². The monoisotopic (exact) mass is 257 g/mol. The third-order valence-corrected chi connectivity index (χ3v) is 2.73. The largest absolute Gasteiger partial charge is 0.494 e. The van der Waals surface area contributed by atoms with Crippen molar-refractivity contribution in [3.8, 4) is 5.75 Å². The van der Waals surface area contributed by atoms with Crippen LogP contribution in [0.5, 0.6) is 5.75 Å². The molecule has 1 heterocycles. The fourth-order valence-corrected chi connectivity index (χ4v) is 1.98. The molecule has 17 heavy (non-hydrogen) atoms. The van der Waals surface area contributed by atoms with E-state index in [1.165, 1.54) is 13.2 Å². The summed E-state index contributed by atoms with van der Waals surface area (Å²) < 4.78 is 20.3. The van der Waals surface area contributed by atoms with Crippen LogP contribution in [0.1, 0.15) is 5.82 Å². The maximum absolute atomic E-state index is 13.5. The molecule has 1 aromatic heterocycles. The predicted octanol–water partition coefficient (Wildman–Crippen LogP) is 2.12. The Labute approximate surface area is 104 Å². The summed E-state index contributed by atoms with van der Waals surface area (Å²) in [5, 5.41) is 1.84. The van der Waals surface area contributed by atoms with Crippen molar-refractivity contribution in [2.75, 3.05) is 26.2 Å². The summed E-state index contributed by atoms with van der Waals surface area (Å²) >= 11 is 5.83. The first-order valence-electron chi connectivity index (χ1n) is 5.07. The number of hydrogen-bond donors (Lipinski definition) is 0. The van der Waals surface area contributed by atoms with Gasteiger partial charge in [-0.25, -0.2) is 14.1 Å². The maximum atomic E-state index is 13.5. The van der Waals surface area contributed by atoms with Gasteiger partial charge in [-0.2, -0.15) is 0 Å². The number of hydrogen-bond acceptors (Lipinski definition) is 3. The minimum atomic E-state index is -0.426. The van der Waals surface area contributed by atoms with Crippen molar-refractivity contribution in [2.45, 2.75) is 5.88 Å². The summed E-state index contributed by atoms with van der Waals surface area (Å²) in [6.45, 7) is 0. The Morgan fingerprint density at radius 2 is 2.18 bits per heavy atom. The third kappa shape index (κ3) is 1.91. The molecular formula is C11H13ClFN3O. The van der Waals surface area contributed by atoms with Crippen LogP contribution < -0.4 is 9.75 Å². The number of aromatic nitrogens is 2. The van der Waals surface area contributed by atoms with E-state index in [9.17, 15) is 4.39 Å². The molecule has 0 amide bonds. The van der Waals surface area contributed by atoms with Crippen molar-refractivity contribution in [3.05, 3.63) is 23.8 Å². The van der Waals surface area contributed by atoms with Gasteiger partial charge < -0.3 is 9.75 Å². The number of rotatable bonds is 3. The average molecular weight is 258 g/mol. The van der Waals surface area contributed by atoms with Crippen LogP contribution in [0.15, 0.2) is 12.1 Å². The van der Waals surface area contributed by atoms with Crippen molar-refractivity contribution < 1.29 is 9.13 Å². The highest BCUT2D eigenvalue weighted by molar-refractivity contribution is 6.16. The first kappa shape index (κ1) is 12.0. The Bertz CT molecular complexity index is 553. The molecule has 0 aliphatic heterocycles. The second-order valence-corrected chi connectivity index (χ2v) is 4.06. The van der Waals surface area contributed by atoms with Gasteiger partial charge >= 0.3 is 0 Å². The van der Waals surface area contributed by atoms with Gasteiger partial charge in [0.15, 0.2) is 11.6 Å². The Kier molecular flexibility index (Phi) is 3.11. The number of fused-ring (bicyclic) bond motifs is 1. The topological polar surface area (TPSA) is 30.3 Å². The van der Waals surface area contributed by atoms with Crippen LogP contribution in [0.3, 0.4) is 0 Å². The molecule has 0 aliphatic carbocycles. The van der Waals surface area contributed by atoms with Crippen LogP contribution in [0, 0.1) is 5.82 Å². The van der Waals surface area contributed by atoms with Gasteiger partial charge in [0.2, 0.25) is 0 Å². The molecule has 0 unspecified atom stereocenters. The molecule has 0 N–H and O–H groups in total. The highest BCUT2D eigenvalue weighted by Gasteiger charge is 2.15. The molecule has 0 spiro atoms. The van der Waals surface area contributed by atoms with Crippen LogP contribution in [0.4, 0.5) is 4.39 Å². The molecule has 0 aliphatic rings. The van der Waals surface area contributed by atoms with Crippen LogP contribution in [0.2, 0.25) is 0 Å². The SMILES string of the molecule is COc1cc2c(cc1F)nc(CCl)n2N(C)C. The molecule has 6 heteroatoms. The van der Waals surface area contributed by atoms with Gasteiger partial charge in [0.25, 0.3) is 0 Å². The Hall–Kier alpha value is -1.49. The molecule has 4 nitrogen and oxygen atoms in total. The molecule has 0 radical (unpaired) electrons. The van der Waals surface area contributed by atoms with Crippen molar-refractivity contribution in [1.29, 1.82) is 0 Å². The lowest BCUT2D eigenvalue weighted by Crippen LogP contribution is -2.26. The van der Waals surface area contributed by atoms with Crippen LogP contribution >= 0.6 is 11.6 Å². The summed E-state index contributed by atoms with van der Waals surface area (Å²) in [5.41, 5.74) is 1.33. The highest BCUT2D eigenvalue weighted by Crippen LogP contribution is 2.25. The average Bonchev–Trinajstić information content (AvgIpc) is 2.65. The Morgan fingerprint density at radius 3 is 2.71 bits per heavy atom. The van der Waals surface area contributed by atoms with E-state index < -0.39 is 5.82 Å². The van der Waals surface area contributed by atoms with Gasteiger partial charge in [-0.15, -0.1) is 11.6 Å². The number of imidazole rings is 1. The fraction of sp³-hybridized carbons (Fsp3) is 0.364. The Balaban J connectivity index is 2.76. The molecular weight excluding hydrogens is 245 g/mol. The number of ether oxygens (including phenoxy) is 1. The fourth-order valence-electron chi connectivity index (χ4n) is 1.81. The van der Waals surface area contributed by atoms with Gasteiger partial charge in [0, 0.05) is 26.2 Å². The zero-order valence-electron chi connectivity index (χ0n) is 9.87. The summed E-state index contributed by atoms with van der Waals surface area (Å²) in [7, 11) is 5.17. The summed E-state index contributed by atoms with van der Waals surface area (Å²) in [5.74, 6) is 0.696. The smallest absolute Gasteiger partial charge is 0.167 e. The van der Waals surface area contributed by atoms with Crippen LogP contribution in [0.25, 0.3) is 11.0 Å². The van der Waals surface area contributed by atoms with E-state index in [0.29, 0.717) is 11.3 Å². The van der Waals surface area contributed by atoms with E-state index in [-0.39, 0.29) is 11.6 Å². The summed E-state index contributed by atoms with van der Waals surface area (Å²) in [4.78, 5) is 4.28. The van der Waals surface area contributed by atoms with Crippen molar-refractivity contribution in [3.63, 3.8) is 0 Å². The van der Waals surface area contributed by atoms with Gasteiger partial charge in [0.1, 0.15) is 5.82 Å². The second-order valence-electron chi connectivity index (χ2n) is 3.80. The van der Waals surface area contributed by atoms with Crippen LogP contribution in [-0.4, -0.2) is 30.9 Å². The molecule has 0 bridgehead atoms. The van der Waals surface area contributed by atoms with Gasteiger partial charge in [-0.3, -0.25) is 0 Å². The Morgan fingerprint density at radius 1 is 1.47 bits per heavy atom. The first-order chi connectivity index (χ1) is 8.08. The summed E-state index contributed by atoms with van der Waals surface area (Å²) in [6.07, 6.45) is 0. The molecule has 0 saturated heterocycles. The summed E-state index contributed by atoms with van der Waals surface area (Å²) in [6, 6.07) is 2.97. The number of methoxy groups -OCH3 is 1. The van der Waals surface area contributed by atoms with Gasteiger partial charge in [0.05, 0.1) is 24.0 Å². The second kappa shape index (κ2) is 4.41. The zero-order chi connectivity index (χ0) is 12.6. The van der Waals surface area contributed by atoms with E-state index in [2.05, 4.69) is 4.98 Å². The van der Waals surface area contributed by atoms with Gasteiger partial charge in [-0.1, -0.05) is 0 Å². The van der Waals surface area contributed by atoms with Crippen molar-refractivity contribution in [2.24, 2.45) is 0 Å². The molecule has 1 aromatic carbocycles. The molecule has 0 atom stereocenters.